The maximum Gasteiger partial charge on any atom is 0.236 e. The van der Waals surface area contributed by atoms with Crippen LogP contribution in [0.25, 0.3) is 66.4 Å². The molecule has 1 N–H and O–H groups in total. The minimum Gasteiger partial charge on any atom is -0.383 e. The second-order valence-corrected chi connectivity index (χ2v) is 11.5. The van der Waals surface area contributed by atoms with E-state index in [9.17, 15) is 4.79 Å². The molecule has 0 spiro atoms. The SMILES string of the molecule is CC(=O)Nn1ncc2cc3ncc(-c4ccsc4)nc3cc21.COCCn1cc2cc3ncc(-c4ccsc4)nc3cc2n1. The maximum absolute atomic E-state index is 11.2. The molecule has 0 aliphatic rings. The maximum atomic E-state index is 11.2. The number of thiophene rings is 2. The van der Waals surface area contributed by atoms with Gasteiger partial charge in [0.05, 0.1) is 76.2 Å². The van der Waals surface area contributed by atoms with Crippen LogP contribution in [-0.2, 0) is 16.1 Å². The molecular weight excluding hydrogens is 595 g/mol. The van der Waals surface area contributed by atoms with Gasteiger partial charge in [-0.25, -0.2) is 15.4 Å². The van der Waals surface area contributed by atoms with E-state index >= 15 is 0 Å². The molecule has 0 atom stereocenters. The number of benzene rings is 2. The molecule has 8 rings (SSSR count). The van der Waals surface area contributed by atoms with Gasteiger partial charge in [-0.05, 0) is 47.2 Å². The smallest absolute Gasteiger partial charge is 0.236 e. The van der Waals surface area contributed by atoms with Crippen molar-refractivity contribution in [2.75, 3.05) is 19.1 Å². The average molecular weight is 620 g/mol. The van der Waals surface area contributed by atoms with Crippen LogP contribution in [-0.4, -0.2) is 59.2 Å². The predicted octanol–water partition coefficient (Wildman–Crippen LogP) is 6.15. The highest BCUT2D eigenvalue weighted by Crippen LogP contribution is 2.26. The third-order valence-corrected chi connectivity index (χ3v) is 8.23. The summed E-state index contributed by atoms with van der Waals surface area (Å²) in [6.07, 6.45) is 7.31. The standard InChI is InChI=1S/C16H14N4OS.C15H11N5OS/c1-21-4-3-20-9-12-6-14-15(7-13(12)19-20)18-16(8-17-14)11-2-5-22-10-11;1-9(21)19-20-15-5-13-12(4-11(15)6-17-20)16-7-14(18-13)10-2-3-22-8-10/h2,5-10H,3-4H2,1H3;2-8H,1H3,(H,19,21). The number of nitrogens with zero attached hydrogens (tertiary/aromatic N) is 8. The largest absolute Gasteiger partial charge is 0.383 e. The van der Waals surface area contributed by atoms with Crippen LogP contribution in [0.4, 0.5) is 0 Å². The highest BCUT2D eigenvalue weighted by atomic mass is 32.1. The van der Waals surface area contributed by atoms with Crippen LogP contribution in [0.2, 0.25) is 0 Å². The molecule has 0 fully saturated rings. The third-order valence-electron chi connectivity index (χ3n) is 6.87. The number of aromatic nitrogens is 8. The molecule has 6 heterocycles. The summed E-state index contributed by atoms with van der Waals surface area (Å²) in [6, 6.07) is 11.9. The molecule has 0 saturated heterocycles. The number of carbonyl (C=O) groups excluding carboxylic acids is 1. The molecule has 44 heavy (non-hydrogen) atoms. The first-order chi connectivity index (χ1) is 21.5. The van der Waals surface area contributed by atoms with E-state index in [4.69, 9.17) is 9.72 Å². The number of rotatable bonds is 6. The van der Waals surface area contributed by atoms with Crippen LogP contribution in [0.1, 0.15) is 6.92 Å². The first kappa shape index (κ1) is 27.7. The normalized spacial score (nSPS) is 11.3. The van der Waals surface area contributed by atoms with Crippen molar-refractivity contribution in [2.45, 2.75) is 13.5 Å². The molecule has 0 unspecified atom stereocenters. The summed E-state index contributed by atoms with van der Waals surface area (Å²) in [6.45, 7) is 2.83. The van der Waals surface area contributed by atoms with Crippen molar-refractivity contribution >= 4 is 72.5 Å². The lowest BCUT2D eigenvalue weighted by molar-refractivity contribution is -0.115. The molecule has 0 radical (unpaired) electrons. The summed E-state index contributed by atoms with van der Waals surface area (Å²) < 4.78 is 6.99. The van der Waals surface area contributed by atoms with E-state index in [1.54, 1.807) is 42.2 Å². The van der Waals surface area contributed by atoms with Crippen LogP contribution in [0.15, 0.2) is 82.7 Å². The van der Waals surface area contributed by atoms with Crippen molar-refractivity contribution < 1.29 is 9.53 Å². The fraction of sp³-hybridized carbons (Fsp3) is 0.129. The van der Waals surface area contributed by atoms with Crippen LogP contribution in [0.3, 0.4) is 0 Å². The van der Waals surface area contributed by atoms with Crippen LogP contribution in [0, 0.1) is 0 Å². The molecule has 11 nitrogen and oxygen atoms in total. The van der Waals surface area contributed by atoms with Gasteiger partial charge in [0.25, 0.3) is 0 Å². The topological polar surface area (TPSA) is 126 Å². The Morgan fingerprint density at radius 1 is 0.841 bits per heavy atom. The number of carbonyl (C=O) groups is 1. The summed E-state index contributed by atoms with van der Waals surface area (Å²) >= 11 is 3.28. The van der Waals surface area contributed by atoms with Crippen molar-refractivity contribution in [3.8, 4) is 22.5 Å². The molecule has 218 valence electrons. The number of hydrogen-bond acceptors (Lipinski definition) is 10. The highest BCUT2D eigenvalue weighted by Gasteiger charge is 2.10. The number of nitrogens with one attached hydrogen (secondary N) is 1. The molecule has 0 aliphatic heterocycles. The van der Waals surface area contributed by atoms with Crippen LogP contribution in [0.5, 0.6) is 0 Å². The number of ether oxygens (including phenoxy) is 1. The van der Waals surface area contributed by atoms with E-state index in [1.807, 2.05) is 63.5 Å². The first-order valence-electron chi connectivity index (χ1n) is 13.6. The van der Waals surface area contributed by atoms with Gasteiger partial charge in [-0.1, -0.05) is 0 Å². The Morgan fingerprint density at radius 3 is 2.11 bits per heavy atom. The lowest BCUT2D eigenvalue weighted by atomic mass is 10.2. The molecule has 0 bridgehead atoms. The molecule has 0 saturated carbocycles. The summed E-state index contributed by atoms with van der Waals surface area (Å²) in [7, 11) is 1.69. The van der Waals surface area contributed by atoms with Crippen molar-refractivity contribution in [1.29, 1.82) is 0 Å². The van der Waals surface area contributed by atoms with Gasteiger partial charge in [-0.3, -0.25) is 19.4 Å². The zero-order chi connectivity index (χ0) is 30.0. The van der Waals surface area contributed by atoms with E-state index < -0.39 is 0 Å². The minimum atomic E-state index is -0.178. The zero-order valence-electron chi connectivity index (χ0n) is 23.7. The summed E-state index contributed by atoms with van der Waals surface area (Å²) in [5, 5.41) is 18.9. The van der Waals surface area contributed by atoms with E-state index in [0.29, 0.717) is 6.61 Å². The van der Waals surface area contributed by atoms with Crippen molar-refractivity contribution in [1.82, 2.24) is 39.6 Å². The monoisotopic (exact) mass is 619 g/mol. The van der Waals surface area contributed by atoms with Gasteiger partial charge >= 0.3 is 0 Å². The summed E-state index contributed by atoms with van der Waals surface area (Å²) in [5.74, 6) is -0.178. The molecule has 8 aromatic rings. The van der Waals surface area contributed by atoms with E-state index in [1.165, 1.54) is 11.7 Å². The highest BCUT2D eigenvalue weighted by molar-refractivity contribution is 7.08. The van der Waals surface area contributed by atoms with Gasteiger partial charge in [-0.15, -0.1) is 0 Å². The van der Waals surface area contributed by atoms with Gasteiger partial charge < -0.3 is 4.74 Å². The van der Waals surface area contributed by atoms with Gasteiger partial charge in [0.15, 0.2) is 0 Å². The van der Waals surface area contributed by atoms with Crippen molar-refractivity contribution in [3.63, 3.8) is 0 Å². The Labute approximate surface area is 258 Å². The third kappa shape index (κ3) is 5.63. The minimum absolute atomic E-state index is 0.178. The van der Waals surface area contributed by atoms with Crippen LogP contribution < -0.4 is 5.43 Å². The Kier molecular flexibility index (Phi) is 7.48. The number of fused-ring (bicyclic) bond motifs is 4. The van der Waals surface area contributed by atoms with E-state index in [0.717, 1.165) is 72.9 Å². The number of methoxy groups -OCH3 is 1. The summed E-state index contributed by atoms with van der Waals surface area (Å²) in [5.41, 5.74) is 11.6. The number of amides is 1. The van der Waals surface area contributed by atoms with Gasteiger partial charge in [-0.2, -0.15) is 37.7 Å². The first-order valence-corrected chi connectivity index (χ1v) is 15.5. The Balaban J connectivity index is 0.000000142. The fourth-order valence-electron chi connectivity index (χ4n) is 4.75. The fourth-order valence-corrected chi connectivity index (χ4v) is 6.05. The Hall–Kier alpha value is -5.11. The average Bonchev–Trinajstić information content (AvgIpc) is 3.86. The molecule has 6 aromatic heterocycles. The molecule has 1 amide bonds. The van der Waals surface area contributed by atoms with Crippen LogP contribution >= 0.6 is 22.7 Å². The molecule has 2 aromatic carbocycles. The zero-order valence-corrected chi connectivity index (χ0v) is 25.3. The molecule has 13 heteroatoms. The lowest BCUT2D eigenvalue weighted by Crippen LogP contribution is -2.20. The summed E-state index contributed by atoms with van der Waals surface area (Å²) in [4.78, 5) is 31.1. The Bertz CT molecular complexity index is 2240. The number of hydrogen-bond donors (Lipinski definition) is 1. The van der Waals surface area contributed by atoms with Crippen molar-refractivity contribution in [2.24, 2.45) is 0 Å². The van der Waals surface area contributed by atoms with Gasteiger partial charge in [0, 0.05) is 52.9 Å². The lowest BCUT2D eigenvalue weighted by Gasteiger charge is -2.04. The Morgan fingerprint density at radius 2 is 1.50 bits per heavy atom. The quantitative estimate of drug-likeness (QED) is 0.235. The molecule has 0 aliphatic carbocycles. The van der Waals surface area contributed by atoms with Gasteiger partial charge in [0.2, 0.25) is 5.91 Å². The predicted molar refractivity (Wildman–Crippen MR) is 174 cm³/mol. The van der Waals surface area contributed by atoms with Crippen molar-refractivity contribution in [3.05, 3.63) is 82.7 Å². The molecular formula is C31H25N9O2S2. The second-order valence-electron chi connectivity index (χ2n) is 9.94. The van der Waals surface area contributed by atoms with E-state index in [-0.39, 0.29) is 5.91 Å². The van der Waals surface area contributed by atoms with Gasteiger partial charge in [0.1, 0.15) is 0 Å². The second kappa shape index (κ2) is 11.9. The van der Waals surface area contributed by atoms with E-state index in [2.05, 4.69) is 42.0 Å².